The molecule has 12 heteroatoms. The number of carbonyl (C=O) groups is 2. The molecule has 2 amide bonds. The van der Waals surface area contributed by atoms with Gasteiger partial charge in [-0.3, -0.25) is 14.5 Å². The molecule has 1 atom stereocenters. The Bertz CT molecular complexity index is 1160. The molecule has 0 aliphatic carbocycles. The molecule has 4 heterocycles. The molecule has 2 aromatic rings. The van der Waals surface area contributed by atoms with Gasteiger partial charge in [0.2, 0.25) is 40.4 Å². The van der Waals surface area contributed by atoms with E-state index >= 15 is 0 Å². The van der Waals surface area contributed by atoms with Crippen LogP contribution in [-0.4, -0.2) is 71.8 Å². The van der Waals surface area contributed by atoms with Crippen LogP contribution in [0.1, 0.15) is 43.9 Å². The predicted octanol–water partition coefficient (Wildman–Crippen LogP) is 1.51. The van der Waals surface area contributed by atoms with Crippen LogP contribution in [0.3, 0.4) is 0 Å². The average Bonchev–Trinajstić information content (AvgIpc) is 3.48. The van der Waals surface area contributed by atoms with E-state index in [9.17, 15) is 18.0 Å². The van der Waals surface area contributed by atoms with Gasteiger partial charge in [0.25, 0.3) is 0 Å². The van der Waals surface area contributed by atoms with Gasteiger partial charge < -0.3 is 13.9 Å². The van der Waals surface area contributed by atoms with E-state index in [1.54, 1.807) is 18.2 Å². The molecular weight excluding hydrogens is 452 g/mol. The number of carbonyl (C=O) groups excluding carboxylic acids is 2. The van der Waals surface area contributed by atoms with Crippen molar-refractivity contribution in [3.8, 4) is 23.0 Å². The predicted molar refractivity (Wildman–Crippen MR) is 114 cm³/mol. The Morgan fingerprint density at radius 1 is 1.03 bits per heavy atom. The van der Waals surface area contributed by atoms with E-state index in [1.807, 2.05) is 0 Å². The Balaban J connectivity index is 1.25. The fourth-order valence-corrected chi connectivity index (χ4v) is 5.81. The van der Waals surface area contributed by atoms with Crippen LogP contribution >= 0.6 is 0 Å². The van der Waals surface area contributed by atoms with Crippen molar-refractivity contribution >= 4 is 21.8 Å². The van der Waals surface area contributed by atoms with Gasteiger partial charge in [-0.2, -0.15) is 0 Å². The van der Waals surface area contributed by atoms with Crippen LogP contribution in [0.15, 0.2) is 22.6 Å². The van der Waals surface area contributed by atoms with Crippen LogP contribution in [0.4, 0.5) is 0 Å². The van der Waals surface area contributed by atoms with Gasteiger partial charge in [0.1, 0.15) is 0 Å². The number of piperidine rings is 2. The molecule has 5 rings (SSSR count). The maximum Gasteiger partial charge on any atom is 0.247 e. The first kappa shape index (κ1) is 21.8. The second kappa shape index (κ2) is 8.75. The number of hydrogen-bond acceptors (Lipinski definition) is 9. The Morgan fingerprint density at radius 2 is 1.82 bits per heavy atom. The summed E-state index contributed by atoms with van der Waals surface area (Å²) >= 11 is 0. The summed E-state index contributed by atoms with van der Waals surface area (Å²) in [6.07, 6.45) is 2.44. The zero-order valence-corrected chi connectivity index (χ0v) is 18.8. The van der Waals surface area contributed by atoms with Crippen molar-refractivity contribution in [3.63, 3.8) is 0 Å². The zero-order chi connectivity index (χ0) is 23.0. The van der Waals surface area contributed by atoms with Crippen molar-refractivity contribution in [1.82, 2.24) is 19.4 Å². The van der Waals surface area contributed by atoms with Gasteiger partial charge in [0.15, 0.2) is 11.5 Å². The summed E-state index contributed by atoms with van der Waals surface area (Å²) in [5.74, 6) is 0.826. The van der Waals surface area contributed by atoms with Crippen molar-refractivity contribution in [3.05, 3.63) is 24.1 Å². The standard InChI is InChI=1S/C21H24N4O7S/c26-18-4-1-5-19(27)25(18)9-10-33(28,29)24-8-2-3-15(12-24)21-23-22-20(32-21)14-6-7-16-17(11-14)31-13-30-16/h6-7,11,15H,1-5,8-10,12-13H2. The Hall–Kier alpha value is -2.99. The SMILES string of the molecule is O=C1CCCC(=O)N1CCS(=O)(=O)N1CCCC(c2nnc(-c3ccc4c(c3)OCO4)o2)C1. The van der Waals surface area contributed by atoms with Crippen molar-refractivity contribution in [1.29, 1.82) is 0 Å². The van der Waals surface area contributed by atoms with Crippen LogP contribution in [0.2, 0.25) is 0 Å². The number of ether oxygens (including phenoxy) is 2. The number of rotatable bonds is 6. The van der Waals surface area contributed by atoms with E-state index in [2.05, 4.69) is 10.2 Å². The lowest BCUT2D eigenvalue weighted by Gasteiger charge is -2.31. The molecular formula is C21H24N4O7S. The molecule has 176 valence electrons. The molecule has 0 radical (unpaired) electrons. The number of hydrogen-bond donors (Lipinski definition) is 0. The largest absolute Gasteiger partial charge is 0.454 e. The molecule has 3 aliphatic heterocycles. The summed E-state index contributed by atoms with van der Waals surface area (Å²) in [6.45, 7) is 0.646. The average molecular weight is 477 g/mol. The van der Waals surface area contributed by atoms with Gasteiger partial charge in [0.05, 0.1) is 11.7 Å². The minimum atomic E-state index is -3.66. The van der Waals surface area contributed by atoms with E-state index in [0.717, 1.165) is 11.3 Å². The van der Waals surface area contributed by atoms with Gasteiger partial charge in [0, 0.05) is 38.0 Å². The summed E-state index contributed by atoms with van der Waals surface area (Å²) in [6, 6.07) is 5.33. The van der Waals surface area contributed by atoms with Crippen LogP contribution in [0.25, 0.3) is 11.5 Å². The Kier molecular flexibility index (Phi) is 5.79. The molecule has 33 heavy (non-hydrogen) atoms. The van der Waals surface area contributed by atoms with Crippen molar-refractivity contribution in [2.75, 3.05) is 32.2 Å². The van der Waals surface area contributed by atoms with Crippen LogP contribution in [0, 0.1) is 0 Å². The van der Waals surface area contributed by atoms with Crippen molar-refractivity contribution in [2.24, 2.45) is 0 Å². The summed E-state index contributed by atoms with van der Waals surface area (Å²) < 4.78 is 43.8. The highest BCUT2D eigenvalue weighted by Crippen LogP contribution is 2.36. The lowest BCUT2D eigenvalue weighted by Crippen LogP contribution is -2.46. The number of benzene rings is 1. The highest BCUT2D eigenvalue weighted by atomic mass is 32.2. The third-order valence-electron chi connectivity index (χ3n) is 6.14. The van der Waals surface area contributed by atoms with Gasteiger partial charge >= 0.3 is 0 Å². The second-order valence-corrected chi connectivity index (χ2v) is 10.4. The smallest absolute Gasteiger partial charge is 0.247 e. The van der Waals surface area contributed by atoms with E-state index in [0.29, 0.717) is 48.2 Å². The van der Waals surface area contributed by atoms with Crippen molar-refractivity contribution in [2.45, 2.75) is 38.0 Å². The summed E-state index contributed by atoms with van der Waals surface area (Å²) in [7, 11) is -3.66. The maximum absolute atomic E-state index is 12.9. The summed E-state index contributed by atoms with van der Waals surface area (Å²) in [4.78, 5) is 25.0. The quantitative estimate of drug-likeness (QED) is 0.569. The molecule has 0 bridgehead atoms. The molecule has 2 saturated heterocycles. The molecule has 1 aromatic carbocycles. The topological polar surface area (TPSA) is 132 Å². The number of sulfonamides is 1. The third kappa shape index (κ3) is 4.44. The first-order chi connectivity index (χ1) is 15.9. The monoisotopic (exact) mass is 476 g/mol. The molecule has 0 spiro atoms. The number of aromatic nitrogens is 2. The normalized spacial score (nSPS) is 21.6. The number of amides is 2. The molecule has 1 unspecified atom stereocenters. The molecule has 2 fully saturated rings. The maximum atomic E-state index is 12.9. The lowest BCUT2D eigenvalue weighted by molar-refractivity contribution is -0.147. The minimum Gasteiger partial charge on any atom is -0.454 e. The Morgan fingerprint density at radius 3 is 2.64 bits per heavy atom. The zero-order valence-electron chi connectivity index (χ0n) is 17.9. The molecule has 1 aromatic heterocycles. The Labute approximate surface area is 190 Å². The summed E-state index contributed by atoms with van der Waals surface area (Å²) in [5, 5.41) is 8.28. The lowest BCUT2D eigenvalue weighted by atomic mass is 10.00. The molecule has 0 N–H and O–H groups in total. The third-order valence-corrected chi connectivity index (χ3v) is 7.96. The van der Waals surface area contributed by atoms with Gasteiger partial charge in [-0.1, -0.05) is 0 Å². The van der Waals surface area contributed by atoms with Gasteiger partial charge in [-0.15, -0.1) is 10.2 Å². The second-order valence-electron chi connectivity index (χ2n) is 8.32. The van der Waals surface area contributed by atoms with Crippen molar-refractivity contribution < 1.29 is 31.9 Å². The number of nitrogens with zero attached hydrogens (tertiary/aromatic N) is 4. The number of likely N-dealkylation sites (tertiary alicyclic amines) is 1. The fraction of sp³-hybridized carbons (Fsp3) is 0.524. The van der Waals surface area contributed by atoms with Gasteiger partial charge in [-0.25, -0.2) is 12.7 Å². The first-order valence-electron chi connectivity index (χ1n) is 11.0. The van der Waals surface area contributed by atoms with E-state index in [-0.39, 0.29) is 56.2 Å². The van der Waals surface area contributed by atoms with Gasteiger partial charge in [-0.05, 0) is 37.5 Å². The molecule has 0 saturated carbocycles. The van der Waals surface area contributed by atoms with Crippen LogP contribution in [-0.2, 0) is 19.6 Å². The van der Waals surface area contributed by atoms with E-state index in [1.165, 1.54) is 4.31 Å². The van der Waals surface area contributed by atoms with E-state index in [4.69, 9.17) is 13.9 Å². The molecule has 3 aliphatic rings. The fourth-order valence-electron chi connectivity index (χ4n) is 4.33. The molecule has 11 nitrogen and oxygen atoms in total. The highest BCUT2D eigenvalue weighted by molar-refractivity contribution is 7.89. The summed E-state index contributed by atoms with van der Waals surface area (Å²) in [5.41, 5.74) is 0.689. The van der Waals surface area contributed by atoms with Crippen LogP contribution in [0.5, 0.6) is 11.5 Å². The highest BCUT2D eigenvalue weighted by Gasteiger charge is 2.34. The minimum absolute atomic E-state index is 0.115. The van der Waals surface area contributed by atoms with E-state index < -0.39 is 10.0 Å². The number of imide groups is 1. The first-order valence-corrected chi connectivity index (χ1v) is 12.6. The van der Waals surface area contributed by atoms with Crippen LogP contribution < -0.4 is 9.47 Å². The number of fused-ring (bicyclic) bond motifs is 1.